The molecule has 106 valence electrons. The van der Waals surface area contributed by atoms with E-state index in [9.17, 15) is 4.39 Å². The van der Waals surface area contributed by atoms with E-state index in [-0.39, 0.29) is 5.82 Å². The van der Waals surface area contributed by atoms with Gasteiger partial charge in [-0.15, -0.1) is 0 Å². The Labute approximate surface area is 124 Å². The minimum Gasteiger partial charge on any atom is -0.397 e. The number of thioether (sulfide) groups is 1. The van der Waals surface area contributed by atoms with Crippen molar-refractivity contribution in [2.75, 3.05) is 5.73 Å². The first kappa shape index (κ1) is 13.6. The van der Waals surface area contributed by atoms with Gasteiger partial charge < -0.3 is 10.3 Å². The van der Waals surface area contributed by atoms with Gasteiger partial charge in [-0.25, -0.2) is 9.37 Å². The third-order valence-corrected chi connectivity index (χ3v) is 3.61. The fourth-order valence-electron chi connectivity index (χ4n) is 1.64. The molecule has 0 fully saturated rings. The molecule has 21 heavy (non-hydrogen) atoms. The van der Waals surface area contributed by atoms with Gasteiger partial charge in [0, 0.05) is 5.56 Å². The summed E-state index contributed by atoms with van der Waals surface area (Å²) in [5.74, 6) is 1.15. The van der Waals surface area contributed by atoms with Gasteiger partial charge in [0.1, 0.15) is 5.82 Å². The molecule has 7 heteroatoms. The highest BCUT2D eigenvalue weighted by molar-refractivity contribution is 7.98. The van der Waals surface area contributed by atoms with Gasteiger partial charge in [-0.3, -0.25) is 0 Å². The lowest BCUT2D eigenvalue weighted by molar-refractivity contribution is 0.425. The van der Waals surface area contributed by atoms with E-state index in [1.165, 1.54) is 23.9 Å². The maximum atomic E-state index is 12.9. The number of nitrogen functional groups attached to an aromatic ring is 1. The Kier molecular flexibility index (Phi) is 3.83. The molecular weight excluding hydrogens is 291 g/mol. The summed E-state index contributed by atoms with van der Waals surface area (Å²) in [5, 5.41) is 4.73. The summed E-state index contributed by atoms with van der Waals surface area (Å²) in [4.78, 5) is 8.45. The van der Waals surface area contributed by atoms with Crippen LogP contribution in [0.5, 0.6) is 0 Å². The number of halogens is 1. The molecule has 2 N–H and O–H groups in total. The van der Waals surface area contributed by atoms with Crippen molar-refractivity contribution in [3.05, 3.63) is 54.2 Å². The molecular formula is C14H11FN4OS. The van der Waals surface area contributed by atoms with Gasteiger partial charge in [-0.1, -0.05) is 16.9 Å². The Morgan fingerprint density at radius 3 is 2.67 bits per heavy atom. The van der Waals surface area contributed by atoms with E-state index in [1.54, 1.807) is 24.4 Å². The first-order valence-corrected chi connectivity index (χ1v) is 7.12. The van der Waals surface area contributed by atoms with E-state index in [4.69, 9.17) is 10.3 Å². The molecule has 5 nitrogen and oxygen atoms in total. The number of hydrogen-bond acceptors (Lipinski definition) is 6. The highest BCUT2D eigenvalue weighted by atomic mass is 32.2. The fourth-order valence-corrected chi connectivity index (χ4v) is 2.32. The van der Waals surface area contributed by atoms with Crippen LogP contribution in [-0.4, -0.2) is 15.1 Å². The SMILES string of the molecule is Nc1ccc(SCc2noc(-c3ccc(F)cc3)n2)nc1. The second-order valence-corrected chi connectivity index (χ2v) is 5.24. The van der Waals surface area contributed by atoms with Gasteiger partial charge in [0.15, 0.2) is 5.82 Å². The van der Waals surface area contributed by atoms with Crippen molar-refractivity contribution in [3.63, 3.8) is 0 Å². The molecule has 1 aromatic carbocycles. The third kappa shape index (κ3) is 3.38. The molecule has 2 heterocycles. The van der Waals surface area contributed by atoms with Crippen molar-refractivity contribution in [2.24, 2.45) is 0 Å². The zero-order valence-corrected chi connectivity index (χ0v) is 11.7. The summed E-state index contributed by atoms with van der Waals surface area (Å²) >= 11 is 1.48. The van der Waals surface area contributed by atoms with Crippen LogP contribution in [0, 0.1) is 5.82 Å². The van der Waals surface area contributed by atoms with E-state index >= 15 is 0 Å². The van der Waals surface area contributed by atoms with Crippen LogP contribution in [0.2, 0.25) is 0 Å². The number of nitrogens with two attached hydrogens (primary N) is 1. The summed E-state index contributed by atoms with van der Waals surface area (Å²) in [5.41, 5.74) is 6.88. The van der Waals surface area contributed by atoms with Gasteiger partial charge in [-0.05, 0) is 36.4 Å². The number of rotatable bonds is 4. The Hall–Kier alpha value is -2.41. The summed E-state index contributed by atoms with van der Waals surface area (Å²) < 4.78 is 18.0. The highest BCUT2D eigenvalue weighted by Crippen LogP contribution is 2.22. The maximum absolute atomic E-state index is 12.9. The number of aromatic nitrogens is 3. The van der Waals surface area contributed by atoms with Gasteiger partial charge in [0.2, 0.25) is 0 Å². The molecule has 0 saturated carbocycles. The van der Waals surface area contributed by atoms with Gasteiger partial charge in [0.05, 0.1) is 22.7 Å². The van der Waals surface area contributed by atoms with Gasteiger partial charge in [-0.2, -0.15) is 4.98 Å². The largest absolute Gasteiger partial charge is 0.397 e. The molecule has 0 saturated heterocycles. The summed E-state index contributed by atoms with van der Waals surface area (Å²) in [6.45, 7) is 0. The molecule has 0 aliphatic heterocycles. The molecule has 0 aliphatic rings. The predicted molar refractivity (Wildman–Crippen MR) is 77.9 cm³/mol. The van der Waals surface area contributed by atoms with Crippen LogP contribution in [0.3, 0.4) is 0 Å². The average Bonchev–Trinajstić information content (AvgIpc) is 2.96. The minimum absolute atomic E-state index is 0.302. The molecule has 0 amide bonds. The van der Waals surface area contributed by atoms with Crippen molar-refractivity contribution < 1.29 is 8.91 Å². The van der Waals surface area contributed by atoms with Crippen LogP contribution < -0.4 is 5.73 Å². The van der Waals surface area contributed by atoms with Crippen LogP contribution >= 0.6 is 11.8 Å². The molecule has 0 aliphatic carbocycles. The fraction of sp³-hybridized carbons (Fsp3) is 0.0714. The molecule has 0 spiro atoms. The lowest BCUT2D eigenvalue weighted by Crippen LogP contribution is -1.88. The quantitative estimate of drug-likeness (QED) is 0.746. The van der Waals surface area contributed by atoms with Crippen molar-refractivity contribution >= 4 is 17.4 Å². The first-order valence-electron chi connectivity index (χ1n) is 6.13. The van der Waals surface area contributed by atoms with Crippen LogP contribution in [0.15, 0.2) is 52.1 Å². The second kappa shape index (κ2) is 5.92. The maximum Gasteiger partial charge on any atom is 0.257 e. The Morgan fingerprint density at radius 1 is 1.14 bits per heavy atom. The summed E-state index contributed by atoms with van der Waals surface area (Å²) in [6, 6.07) is 9.53. The predicted octanol–water partition coefficient (Wildman–Crippen LogP) is 3.15. The number of hydrogen-bond donors (Lipinski definition) is 1. The van der Waals surface area contributed by atoms with Crippen LogP contribution in [0.25, 0.3) is 11.5 Å². The van der Waals surface area contributed by atoms with Crippen molar-refractivity contribution in [1.82, 2.24) is 15.1 Å². The Morgan fingerprint density at radius 2 is 1.95 bits per heavy atom. The van der Waals surface area contributed by atoms with Crippen molar-refractivity contribution in [3.8, 4) is 11.5 Å². The molecule has 0 bridgehead atoms. The standard InChI is InChI=1S/C14H11FN4OS/c15-10-3-1-9(2-4-10)14-18-12(19-20-14)8-21-13-6-5-11(16)7-17-13/h1-7H,8,16H2. The van der Waals surface area contributed by atoms with Crippen molar-refractivity contribution in [2.45, 2.75) is 10.8 Å². The number of nitrogens with zero attached hydrogens (tertiary/aromatic N) is 3. The Bertz CT molecular complexity index is 727. The van der Waals surface area contributed by atoms with E-state index in [0.717, 1.165) is 5.03 Å². The summed E-state index contributed by atoms with van der Waals surface area (Å²) in [7, 11) is 0. The monoisotopic (exact) mass is 302 g/mol. The molecule has 3 aromatic rings. The zero-order chi connectivity index (χ0) is 14.7. The highest BCUT2D eigenvalue weighted by Gasteiger charge is 2.09. The van der Waals surface area contributed by atoms with Gasteiger partial charge >= 0.3 is 0 Å². The number of pyridine rings is 1. The van der Waals surface area contributed by atoms with Crippen LogP contribution in [-0.2, 0) is 5.75 Å². The average molecular weight is 302 g/mol. The first-order chi connectivity index (χ1) is 10.2. The minimum atomic E-state index is -0.302. The number of benzene rings is 1. The number of anilines is 1. The topological polar surface area (TPSA) is 77.8 Å². The molecule has 0 radical (unpaired) electrons. The molecule has 3 rings (SSSR count). The Balaban J connectivity index is 1.67. The second-order valence-electron chi connectivity index (χ2n) is 4.24. The van der Waals surface area contributed by atoms with E-state index < -0.39 is 0 Å². The molecule has 0 atom stereocenters. The zero-order valence-electron chi connectivity index (χ0n) is 10.9. The third-order valence-electron chi connectivity index (χ3n) is 2.67. The molecule has 2 aromatic heterocycles. The van der Waals surface area contributed by atoms with E-state index in [2.05, 4.69) is 15.1 Å². The lowest BCUT2D eigenvalue weighted by atomic mass is 10.2. The normalized spacial score (nSPS) is 10.7. The van der Waals surface area contributed by atoms with E-state index in [0.29, 0.717) is 28.7 Å². The van der Waals surface area contributed by atoms with Crippen LogP contribution in [0.4, 0.5) is 10.1 Å². The van der Waals surface area contributed by atoms with Gasteiger partial charge in [0.25, 0.3) is 5.89 Å². The van der Waals surface area contributed by atoms with Crippen molar-refractivity contribution in [1.29, 1.82) is 0 Å². The summed E-state index contributed by atoms with van der Waals surface area (Å²) in [6.07, 6.45) is 1.60. The lowest BCUT2D eigenvalue weighted by Gasteiger charge is -1.97. The molecule has 0 unspecified atom stereocenters. The van der Waals surface area contributed by atoms with Crippen LogP contribution in [0.1, 0.15) is 5.82 Å². The van der Waals surface area contributed by atoms with E-state index in [1.807, 2.05) is 6.07 Å². The smallest absolute Gasteiger partial charge is 0.257 e.